The quantitative estimate of drug-likeness (QED) is 0.545. The van der Waals surface area contributed by atoms with E-state index in [2.05, 4.69) is 26.5 Å². The first kappa shape index (κ1) is 21.2. The number of aromatic nitrogens is 2. The van der Waals surface area contributed by atoms with Crippen LogP contribution in [0.15, 0.2) is 22.9 Å². The first-order chi connectivity index (χ1) is 15.5. The number of piperidine rings is 1. The van der Waals surface area contributed by atoms with E-state index >= 15 is 0 Å². The van der Waals surface area contributed by atoms with Crippen molar-refractivity contribution >= 4 is 45.1 Å². The Morgan fingerprint density at radius 2 is 2.09 bits per heavy atom. The van der Waals surface area contributed by atoms with Crippen molar-refractivity contribution in [3.8, 4) is 0 Å². The van der Waals surface area contributed by atoms with Crippen molar-refractivity contribution in [3.63, 3.8) is 0 Å². The van der Waals surface area contributed by atoms with E-state index in [0.717, 1.165) is 56.1 Å². The van der Waals surface area contributed by atoms with E-state index in [1.165, 1.54) is 11.5 Å². The SMILES string of the molecule is C[C@@H]1C[C@H](N)CN(c2sncc2NC(=O)c2c(N)oc3cc(C4CCOCC4)cnc23)C1. The molecule has 3 aromatic rings. The molecule has 32 heavy (non-hydrogen) atoms. The summed E-state index contributed by atoms with van der Waals surface area (Å²) in [7, 11) is 0. The lowest BCUT2D eigenvalue weighted by Gasteiger charge is -2.35. The lowest BCUT2D eigenvalue weighted by Crippen LogP contribution is -2.46. The average molecular weight is 457 g/mol. The zero-order valence-corrected chi connectivity index (χ0v) is 18.9. The van der Waals surface area contributed by atoms with Gasteiger partial charge in [0.1, 0.15) is 16.1 Å². The third-order valence-corrected chi connectivity index (χ3v) is 7.14. The molecule has 10 heteroatoms. The maximum absolute atomic E-state index is 13.2. The number of hydrogen-bond donors (Lipinski definition) is 3. The molecule has 0 spiro atoms. The number of anilines is 3. The number of ether oxygens (including phenoxy) is 1. The average Bonchev–Trinajstić information content (AvgIpc) is 3.36. The number of nitrogens with two attached hydrogens (primary N) is 2. The highest BCUT2D eigenvalue weighted by Gasteiger charge is 2.28. The van der Waals surface area contributed by atoms with Gasteiger partial charge in [-0.15, -0.1) is 0 Å². The van der Waals surface area contributed by atoms with E-state index in [1.807, 2.05) is 12.3 Å². The van der Waals surface area contributed by atoms with Gasteiger partial charge in [-0.2, -0.15) is 4.37 Å². The van der Waals surface area contributed by atoms with Crippen LogP contribution in [0.5, 0.6) is 0 Å². The predicted molar refractivity (Wildman–Crippen MR) is 125 cm³/mol. The Kier molecular flexibility index (Phi) is 5.75. The Bertz CT molecular complexity index is 1110. The van der Waals surface area contributed by atoms with Crippen LogP contribution in [0, 0.1) is 5.92 Å². The molecule has 0 radical (unpaired) electrons. The standard InChI is InChI=1S/C22H28N6O3S/c1-12-6-15(23)11-28(10-12)22-16(9-26-32-22)27-21(29)18-19-17(31-20(18)24)7-14(8-25-19)13-2-4-30-5-3-13/h7-9,12-13,15H,2-6,10-11,23-24H2,1H3,(H,27,29)/t12-,15+/m1/s1. The number of rotatable bonds is 4. The number of nitrogens with one attached hydrogen (secondary N) is 1. The molecule has 2 fully saturated rings. The topological polar surface area (TPSA) is 133 Å². The van der Waals surface area contributed by atoms with E-state index in [4.69, 9.17) is 20.6 Å². The summed E-state index contributed by atoms with van der Waals surface area (Å²) in [6.45, 7) is 5.29. The Hall–Kier alpha value is -2.69. The number of amides is 1. The highest BCUT2D eigenvalue weighted by Crippen LogP contribution is 2.36. The van der Waals surface area contributed by atoms with Gasteiger partial charge in [0.2, 0.25) is 5.88 Å². The molecule has 170 valence electrons. The lowest BCUT2D eigenvalue weighted by molar-refractivity contribution is 0.0853. The van der Waals surface area contributed by atoms with E-state index in [1.54, 1.807) is 6.20 Å². The highest BCUT2D eigenvalue weighted by atomic mass is 32.1. The first-order valence-corrected chi connectivity index (χ1v) is 11.8. The van der Waals surface area contributed by atoms with Crippen molar-refractivity contribution in [1.82, 2.24) is 9.36 Å². The Labute approximate surface area is 190 Å². The van der Waals surface area contributed by atoms with E-state index in [0.29, 0.717) is 28.6 Å². The smallest absolute Gasteiger partial charge is 0.263 e. The van der Waals surface area contributed by atoms with Crippen molar-refractivity contribution in [1.29, 1.82) is 0 Å². The summed E-state index contributed by atoms with van der Waals surface area (Å²) >= 11 is 1.35. The Morgan fingerprint density at radius 1 is 1.28 bits per heavy atom. The maximum atomic E-state index is 13.2. The summed E-state index contributed by atoms with van der Waals surface area (Å²) in [6.07, 6.45) is 6.37. The number of carbonyl (C=O) groups is 1. The fourth-order valence-corrected chi connectivity index (χ4v) is 5.51. The van der Waals surface area contributed by atoms with Crippen LogP contribution in [0.2, 0.25) is 0 Å². The number of fused-ring (bicyclic) bond motifs is 1. The van der Waals surface area contributed by atoms with Gasteiger partial charge in [0.25, 0.3) is 5.91 Å². The van der Waals surface area contributed by atoms with Gasteiger partial charge in [0.05, 0.1) is 11.9 Å². The Morgan fingerprint density at radius 3 is 2.88 bits per heavy atom. The fraction of sp³-hybridized carbons (Fsp3) is 0.500. The van der Waals surface area contributed by atoms with Gasteiger partial charge in [0.15, 0.2) is 5.58 Å². The summed E-state index contributed by atoms with van der Waals surface area (Å²) in [6, 6.07) is 2.05. The van der Waals surface area contributed by atoms with Gasteiger partial charge in [-0.1, -0.05) is 6.92 Å². The van der Waals surface area contributed by atoms with Crippen LogP contribution in [0.1, 0.15) is 48.0 Å². The minimum Gasteiger partial charge on any atom is -0.438 e. The van der Waals surface area contributed by atoms with Gasteiger partial charge < -0.3 is 30.8 Å². The number of furan rings is 1. The van der Waals surface area contributed by atoms with Crippen molar-refractivity contribution in [2.45, 2.75) is 38.1 Å². The van der Waals surface area contributed by atoms with Gasteiger partial charge in [-0.05, 0) is 54.3 Å². The predicted octanol–water partition coefficient (Wildman–Crippen LogP) is 3.19. The molecule has 0 unspecified atom stereocenters. The second-order valence-corrected chi connectivity index (χ2v) is 9.63. The summed E-state index contributed by atoms with van der Waals surface area (Å²) in [5.41, 5.74) is 15.3. The molecule has 0 aromatic carbocycles. The summed E-state index contributed by atoms with van der Waals surface area (Å²) < 4.78 is 15.5. The molecule has 3 aromatic heterocycles. The number of carbonyl (C=O) groups excluding carboxylic acids is 1. The van der Waals surface area contributed by atoms with E-state index < -0.39 is 0 Å². The highest BCUT2D eigenvalue weighted by molar-refractivity contribution is 7.11. The van der Waals surface area contributed by atoms with Crippen LogP contribution < -0.4 is 21.7 Å². The van der Waals surface area contributed by atoms with Crippen LogP contribution in [0.25, 0.3) is 11.1 Å². The molecular weight excluding hydrogens is 428 g/mol. The number of pyridine rings is 1. The molecule has 9 nitrogen and oxygen atoms in total. The van der Waals surface area contributed by atoms with Crippen LogP contribution in [0.4, 0.5) is 16.6 Å². The second-order valence-electron chi connectivity index (χ2n) is 8.85. The van der Waals surface area contributed by atoms with Gasteiger partial charge in [0, 0.05) is 38.5 Å². The van der Waals surface area contributed by atoms with Crippen LogP contribution in [-0.4, -0.2) is 47.6 Å². The van der Waals surface area contributed by atoms with Crippen LogP contribution in [0.3, 0.4) is 0 Å². The zero-order valence-electron chi connectivity index (χ0n) is 18.0. The fourth-order valence-electron chi connectivity index (χ4n) is 4.78. The molecule has 5 heterocycles. The zero-order chi connectivity index (χ0) is 22.2. The number of nitrogens with zero attached hydrogens (tertiary/aromatic N) is 3. The molecule has 2 aliphatic rings. The second kappa shape index (κ2) is 8.68. The molecular formula is C22H28N6O3S. The van der Waals surface area contributed by atoms with Gasteiger partial charge >= 0.3 is 0 Å². The normalized spacial score (nSPS) is 22.4. The van der Waals surface area contributed by atoms with Crippen LogP contribution in [-0.2, 0) is 4.74 Å². The molecule has 5 N–H and O–H groups in total. The third kappa shape index (κ3) is 4.05. The summed E-state index contributed by atoms with van der Waals surface area (Å²) in [5.74, 6) is 0.560. The monoisotopic (exact) mass is 456 g/mol. The number of hydrogen-bond acceptors (Lipinski definition) is 9. The van der Waals surface area contributed by atoms with E-state index in [-0.39, 0.29) is 23.4 Å². The molecule has 5 rings (SSSR count). The van der Waals surface area contributed by atoms with Gasteiger partial charge in [-0.25, -0.2) is 0 Å². The van der Waals surface area contributed by atoms with E-state index in [9.17, 15) is 4.79 Å². The molecule has 0 aliphatic carbocycles. The molecule has 2 atom stereocenters. The third-order valence-electron chi connectivity index (χ3n) is 6.28. The molecule has 1 amide bonds. The van der Waals surface area contributed by atoms with Crippen molar-refractivity contribution in [3.05, 3.63) is 29.6 Å². The van der Waals surface area contributed by atoms with Crippen molar-refractivity contribution in [2.75, 3.05) is 42.3 Å². The molecule has 0 saturated carbocycles. The Balaban J connectivity index is 1.39. The van der Waals surface area contributed by atoms with Crippen molar-refractivity contribution < 1.29 is 13.9 Å². The maximum Gasteiger partial charge on any atom is 0.263 e. The largest absolute Gasteiger partial charge is 0.438 e. The minimum absolute atomic E-state index is 0.0625. The first-order valence-electron chi connectivity index (χ1n) is 11.0. The van der Waals surface area contributed by atoms with Crippen LogP contribution >= 0.6 is 11.5 Å². The summed E-state index contributed by atoms with van der Waals surface area (Å²) in [5, 5.41) is 3.86. The number of nitrogen functional groups attached to an aromatic ring is 1. The lowest BCUT2D eigenvalue weighted by atomic mass is 9.93. The van der Waals surface area contributed by atoms with Gasteiger partial charge in [-0.3, -0.25) is 9.78 Å². The summed E-state index contributed by atoms with van der Waals surface area (Å²) in [4.78, 5) is 19.9. The minimum atomic E-state index is -0.358. The molecule has 2 aliphatic heterocycles. The molecule has 2 saturated heterocycles. The molecule has 0 bridgehead atoms. The van der Waals surface area contributed by atoms with Crippen molar-refractivity contribution in [2.24, 2.45) is 11.7 Å².